The number of hydrogen-bond donors (Lipinski definition) is 1. The number of aryl methyl sites for hydroxylation is 1. The first-order chi connectivity index (χ1) is 9.16. The van der Waals surface area contributed by atoms with E-state index in [0.717, 1.165) is 13.0 Å². The van der Waals surface area contributed by atoms with Crippen molar-refractivity contribution in [1.82, 2.24) is 9.55 Å². The van der Waals surface area contributed by atoms with E-state index >= 15 is 0 Å². The Kier molecular flexibility index (Phi) is 4.46. The molecule has 0 unspecified atom stereocenters. The molecule has 6 heteroatoms. The number of thiocarbonyl (C=S) groups is 1. The van der Waals surface area contributed by atoms with E-state index in [2.05, 4.69) is 4.98 Å². The molecule has 100 valence electrons. The van der Waals surface area contributed by atoms with E-state index in [1.54, 1.807) is 18.6 Å². The molecular weight excluding hydrogens is 265 g/mol. The molecule has 0 aliphatic rings. The van der Waals surface area contributed by atoms with Crippen LogP contribution in [0.1, 0.15) is 12.0 Å². The van der Waals surface area contributed by atoms with E-state index in [1.165, 1.54) is 12.1 Å². The van der Waals surface area contributed by atoms with Gasteiger partial charge in [-0.2, -0.15) is 0 Å². The van der Waals surface area contributed by atoms with Crippen molar-refractivity contribution >= 4 is 17.2 Å². The Morgan fingerprint density at radius 3 is 2.95 bits per heavy atom. The lowest BCUT2D eigenvalue weighted by Gasteiger charge is -2.08. The van der Waals surface area contributed by atoms with Crippen LogP contribution in [0.15, 0.2) is 36.9 Å². The van der Waals surface area contributed by atoms with E-state index in [0.29, 0.717) is 12.4 Å². The van der Waals surface area contributed by atoms with Gasteiger partial charge in [0.1, 0.15) is 16.6 Å². The highest BCUT2D eigenvalue weighted by Gasteiger charge is 2.06. The molecule has 4 nitrogen and oxygen atoms in total. The zero-order valence-corrected chi connectivity index (χ0v) is 11.1. The first kappa shape index (κ1) is 13.5. The summed E-state index contributed by atoms with van der Waals surface area (Å²) in [5.41, 5.74) is 5.62. The summed E-state index contributed by atoms with van der Waals surface area (Å²) in [7, 11) is 0. The summed E-state index contributed by atoms with van der Waals surface area (Å²) >= 11 is 4.73. The van der Waals surface area contributed by atoms with Gasteiger partial charge in [-0.25, -0.2) is 9.37 Å². The Morgan fingerprint density at radius 2 is 2.32 bits per heavy atom. The van der Waals surface area contributed by atoms with Crippen LogP contribution >= 0.6 is 12.2 Å². The van der Waals surface area contributed by atoms with Crippen molar-refractivity contribution < 1.29 is 9.13 Å². The van der Waals surface area contributed by atoms with Crippen LogP contribution in [0.2, 0.25) is 0 Å². The van der Waals surface area contributed by atoms with Gasteiger partial charge in [0.2, 0.25) is 0 Å². The fourth-order valence-corrected chi connectivity index (χ4v) is 1.81. The summed E-state index contributed by atoms with van der Waals surface area (Å²) in [4.78, 5) is 3.99. The molecule has 1 aromatic heterocycles. The largest absolute Gasteiger partial charge is 0.493 e. The number of hydrogen-bond acceptors (Lipinski definition) is 3. The zero-order valence-electron chi connectivity index (χ0n) is 10.3. The smallest absolute Gasteiger partial charge is 0.137 e. The first-order valence-electron chi connectivity index (χ1n) is 5.84. The molecule has 0 bridgehead atoms. The van der Waals surface area contributed by atoms with Crippen molar-refractivity contribution in [3.63, 3.8) is 0 Å². The maximum absolute atomic E-state index is 13.6. The van der Waals surface area contributed by atoms with Crippen LogP contribution in [-0.2, 0) is 6.54 Å². The van der Waals surface area contributed by atoms with Crippen molar-refractivity contribution in [2.45, 2.75) is 13.0 Å². The van der Waals surface area contributed by atoms with Crippen molar-refractivity contribution in [1.29, 1.82) is 0 Å². The van der Waals surface area contributed by atoms with Gasteiger partial charge >= 0.3 is 0 Å². The predicted molar refractivity (Wildman–Crippen MR) is 74.6 cm³/mol. The molecule has 0 aliphatic carbocycles. The summed E-state index contributed by atoms with van der Waals surface area (Å²) in [6.45, 7) is 1.32. The quantitative estimate of drug-likeness (QED) is 0.650. The average molecular weight is 279 g/mol. The van der Waals surface area contributed by atoms with Crippen LogP contribution in [0.4, 0.5) is 4.39 Å². The van der Waals surface area contributed by atoms with Gasteiger partial charge in [0.05, 0.1) is 12.9 Å². The number of rotatable bonds is 6. The van der Waals surface area contributed by atoms with Crippen LogP contribution in [0.5, 0.6) is 5.75 Å². The minimum atomic E-state index is -0.459. The van der Waals surface area contributed by atoms with Crippen LogP contribution in [0.25, 0.3) is 0 Å². The lowest BCUT2D eigenvalue weighted by Crippen LogP contribution is -2.11. The van der Waals surface area contributed by atoms with Crippen LogP contribution in [-0.4, -0.2) is 21.1 Å². The van der Waals surface area contributed by atoms with E-state index in [-0.39, 0.29) is 10.6 Å². The summed E-state index contributed by atoms with van der Waals surface area (Å²) < 4.78 is 21.0. The second-order valence-electron chi connectivity index (χ2n) is 4.01. The molecule has 0 fully saturated rings. The maximum Gasteiger partial charge on any atom is 0.137 e. The van der Waals surface area contributed by atoms with Crippen molar-refractivity contribution in [2.24, 2.45) is 5.73 Å². The van der Waals surface area contributed by atoms with E-state index in [4.69, 9.17) is 22.7 Å². The molecule has 0 aliphatic heterocycles. The maximum atomic E-state index is 13.6. The van der Waals surface area contributed by atoms with Crippen LogP contribution in [0.3, 0.4) is 0 Å². The van der Waals surface area contributed by atoms with Crippen LogP contribution < -0.4 is 10.5 Å². The number of ether oxygens (including phenoxy) is 1. The lowest BCUT2D eigenvalue weighted by molar-refractivity contribution is 0.300. The van der Waals surface area contributed by atoms with E-state index in [9.17, 15) is 4.39 Å². The van der Waals surface area contributed by atoms with Gasteiger partial charge in [-0.05, 0) is 18.6 Å². The van der Waals surface area contributed by atoms with Gasteiger partial charge in [-0.3, -0.25) is 0 Å². The van der Waals surface area contributed by atoms with Gasteiger partial charge in [0.15, 0.2) is 0 Å². The number of imidazole rings is 1. The molecule has 1 heterocycles. The summed E-state index contributed by atoms with van der Waals surface area (Å²) in [6, 6.07) is 4.49. The molecular formula is C13H14FN3OS. The average Bonchev–Trinajstić information content (AvgIpc) is 2.87. The Hall–Kier alpha value is -1.95. The third-order valence-corrected chi connectivity index (χ3v) is 2.81. The predicted octanol–water partition coefficient (Wildman–Crippen LogP) is 2.13. The summed E-state index contributed by atoms with van der Waals surface area (Å²) in [6.07, 6.45) is 6.17. The van der Waals surface area contributed by atoms with Gasteiger partial charge in [-0.1, -0.05) is 12.2 Å². The SMILES string of the molecule is NC(=S)c1ccc(OCCCn2ccnc2)cc1F. The Bertz CT molecular complexity index is 557. The molecule has 0 amide bonds. The molecule has 1 aromatic carbocycles. The molecule has 2 rings (SSSR count). The second-order valence-corrected chi connectivity index (χ2v) is 4.45. The molecule has 0 spiro atoms. The lowest BCUT2D eigenvalue weighted by atomic mass is 10.2. The normalized spacial score (nSPS) is 10.4. The Morgan fingerprint density at radius 1 is 1.47 bits per heavy atom. The standard InChI is InChI=1S/C13H14FN3OS/c14-12-8-10(2-3-11(12)13(15)19)18-7-1-5-17-6-4-16-9-17/h2-4,6,8-9H,1,5,7H2,(H2,15,19). The topological polar surface area (TPSA) is 53.1 Å². The summed E-state index contributed by atoms with van der Waals surface area (Å²) in [5.74, 6) is 0.0164. The van der Waals surface area contributed by atoms with Gasteiger partial charge in [0.25, 0.3) is 0 Å². The Balaban J connectivity index is 1.83. The van der Waals surface area contributed by atoms with Gasteiger partial charge < -0.3 is 15.0 Å². The van der Waals surface area contributed by atoms with Gasteiger partial charge in [0, 0.05) is 30.6 Å². The molecule has 0 saturated carbocycles. The second kappa shape index (κ2) is 6.29. The van der Waals surface area contributed by atoms with E-state index < -0.39 is 5.82 Å². The summed E-state index contributed by atoms with van der Waals surface area (Å²) in [5, 5.41) is 0. The van der Waals surface area contributed by atoms with Crippen molar-refractivity contribution in [3.05, 3.63) is 48.3 Å². The molecule has 2 N–H and O–H groups in total. The molecule has 0 radical (unpaired) electrons. The number of nitrogens with zero attached hydrogens (tertiary/aromatic N) is 2. The highest BCUT2D eigenvalue weighted by molar-refractivity contribution is 7.80. The van der Waals surface area contributed by atoms with E-state index in [1.807, 2.05) is 10.8 Å². The number of benzene rings is 1. The fourth-order valence-electron chi connectivity index (χ4n) is 1.64. The van der Waals surface area contributed by atoms with Gasteiger partial charge in [-0.15, -0.1) is 0 Å². The highest BCUT2D eigenvalue weighted by atomic mass is 32.1. The van der Waals surface area contributed by atoms with Crippen molar-refractivity contribution in [3.8, 4) is 5.75 Å². The number of nitrogens with two attached hydrogens (primary N) is 1. The molecule has 19 heavy (non-hydrogen) atoms. The minimum absolute atomic E-state index is 0.0455. The fraction of sp³-hybridized carbons (Fsp3) is 0.231. The monoisotopic (exact) mass is 279 g/mol. The third kappa shape index (κ3) is 3.75. The molecule has 2 aromatic rings. The number of aromatic nitrogens is 2. The van der Waals surface area contributed by atoms with Crippen LogP contribution in [0, 0.1) is 5.82 Å². The van der Waals surface area contributed by atoms with Crippen molar-refractivity contribution in [2.75, 3.05) is 6.61 Å². The molecule has 0 atom stereocenters. The molecule has 0 saturated heterocycles. The highest BCUT2D eigenvalue weighted by Crippen LogP contribution is 2.16. The first-order valence-corrected chi connectivity index (χ1v) is 6.25. The Labute approximate surface area is 116 Å². The zero-order chi connectivity index (χ0) is 13.7. The minimum Gasteiger partial charge on any atom is -0.493 e. The number of halogens is 1. The third-order valence-electron chi connectivity index (χ3n) is 2.59.